The van der Waals surface area contributed by atoms with Gasteiger partial charge in [-0.05, 0) is 43.9 Å². The molecule has 2 heterocycles. The molecule has 3 rings (SSSR count). The van der Waals surface area contributed by atoms with Crippen LogP contribution in [0.5, 0.6) is 0 Å². The molecular formula is C18H31N3O4S. The highest BCUT2D eigenvalue weighted by Gasteiger charge is 2.52. The number of imide groups is 1. The fraction of sp³-hybridized carbons (Fsp3) is 0.889. The minimum Gasteiger partial charge on any atom is -0.323 e. The lowest BCUT2D eigenvalue weighted by Crippen LogP contribution is -2.51. The number of rotatable bonds is 5. The average molecular weight is 386 g/mol. The maximum Gasteiger partial charge on any atom is 0.326 e. The first-order valence-electron chi connectivity index (χ1n) is 9.70. The third-order valence-corrected chi connectivity index (χ3v) is 7.77. The number of hydrogen-bond donors (Lipinski definition) is 1. The van der Waals surface area contributed by atoms with Crippen molar-refractivity contribution in [3.63, 3.8) is 0 Å². The van der Waals surface area contributed by atoms with Crippen molar-refractivity contribution in [3.8, 4) is 0 Å². The third kappa shape index (κ3) is 3.91. The van der Waals surface area contributed by atoms with Crippen molar-refractivity contribution in [1.82, 2.24) is 15.1 Å². The minimum absolute atomic E-state index is 0.117. The van der Waals surface area contributed by atoms with E-state index in [1.54, 1.807) is 0 Å². The van der Waals surface area contributed by atoms with Crippen molar-refractivity contribution >= 4 is 21.8 Å². The quantitative estimate of drug-likeness (QED) is 0.726. The summed E-state index contributed by atoms with van der Waals surface area (Å²) in [6, 6.07) is -0.454. The van der Waals surface area contributed by atoms with Crippen LogP contribution in [-0.2, 0) is 14.6 Å². The van der Waals surface area contributed by atoms with Crippen molar-refractivity contribution in [3.05, 3.63) is 0 Å². The lowest BCUT2D eigenvalue weighted by molar-refractivity contribution is -0.134. The molecule has 3 amide bonds. The standard InChI is InChI=1S/C18H31N3O4S/c1-13(2)10-20(15-6-9-26(24,25)11-15)12-21-16(22)18(19-17(21)23)7-4-14(3)5-8-18/h13-15H,4-12H2,1-3H3,(H,19,23). The molecule has 1 aliphatic carbocycles. The molecule has 3 aliphatic rings. The second-order valence-corrected chi connectivity index (χ2v) is 11.0. The first-order valence-corrected chi connectivity index (χ1v) is 11.5. The normalized spacial score (nSPS) is 34.3. The summed E-state index contributed by atoms with van der Waals surface area (Å²) in [7, 11) is -3.02. The van der Waals surface area contributed by atoms with Gasteiger partial charge < -0.3 is 5.32 Å². The van der Waals surface area contributed by atoms with Gasteiger partial charge in [0.2, 0.25) is 0 Å². The average Bonchev–Trinajstić information content (AvgIpc) is 3.02. The zero-order chi connectivity index (χ0) is 19.1. The summed E-state index contributed by atoms with van der Waals surface area (Å²) in [5, 5.41) is 2.95. The van der Waals surface area contributed by atoms with Crippen molar-refractivity contribution in [2.45, 2.75) is 64.5 Å². The topological polar surface area (TPSA) is 86.8 Å². The van der Waals surface area contributed by atoms with Gasteiger partial charge in [0.05, 0.1) is 18.2 Å². The summed E-state index contributed by atoms with van der Waals surface area (Å²) < 4.78 is 23.8. The molecule has 0 bridgehead atoms. The van der Waals surface area contributed by atoms with Crippen molar-refractivity contribution in [1.29, 1.82) is 0 Å². The van der Waals surface area contributed by atoms with E-state index in [0.717, 1.165) is 12.8 Å². The lowest BCUT2D eigenvalue weighted by Gasteiger charge is -2.35. The second kappa shape index (κ2) is 7.11. The van der Waals surface area contributed by atoms with Gasteiger partial charge in [0.25, 0.3) is 5.91 Å². The fourth-order valence-corrected chi connectivity index (χ4v) is 6.20. The second-order valence-electron chi connectivity index (χ2n) is 8.79. The smallest absolute Gasteiger partial charge is 0.323 e. The van der Waals surface area contributed by atoms with Crippen molar-refractivity contribution in [2.24, 2.45) is 11.8 Å². The molecule has 1 N–H and O–H groups in total. The van der Waals surface area contributed by atoms with E-state index in [4.69, 9.17) is 0 Å². The van der Waals surface area contributed by atoms with Gasteiger partial charge in [0, 0.05) is 12.6 Å². The van der Waals surface area contributed by atoms with Gasteiger partial charge in [0.15, 0.2) is 9.84 Å². The van der Waals surface area contributed by atoms with Crippen molar-refractivity contribution < 1.29 is 18.0 Å². The van der Waals surface area contributed by atoms with Crippen LogP contribution in [-0.4, -0.2) is 66.5 Å². The van der Waals surface area contributed by atoms with Crippen LogP contribution < -0.4 is 5.32 Å². The number of nitrogens with zero attached hydrogens (tertiary/aromatic N) is 2. The molecule has 2 saturated heterocycles. The molecule has 0 aromatic heterocycles. The van der Waals surface area contributed by atoms with Crippen LogP contribution in [0, 0.1) is 11.8 Å². The first-order chi connectivity index (χ1) is 12.1. The molecule has 0 aromatic rings. The summed E-state index contributed by atoms with van der Waals surface area (Å²) in [6.07, 6.45) is 3.84. The Balaban J connectivity index is 1.74. The van der Waals surface area contributed by atoms with Crippen LogP contribution >= 0.6 is 0 Å². The highest BCUT2D eigenvalue weighted by molar-refractivity contribution is 7.91. The molecule has 0 radical (unpaired) electrons. The molecule has 26 heavy (non-hydrogen) atoms. The van der Waals surface area contributed by atoms with Crippen LogP contribution in [0.2, 0.25) is 0 Å². The van der Waals surface area contributed by atoms with E-state index < -0.39 is 15.4 Å². The Bertz CT molecular complexity index is 668. The van der Waals surface area contributed by atoms with E-state index in [0.29, 0.717) is 37.6 Å². The maximum absolute atomic E-state index is 13.1. The van der Waals surface area contributed by atoms with Gasteiger partial charge in [-0.3, -0.25) is 9.69 Å². The van der Waals surface area contributed by atoms with Gasteiger partial charge in [-0.25, -0.2) is 18.1 Å². The molecule has 8 heteroatoms. The highest BCUT2D eigenvalue weighted by atomic mass is 32.2. The predicted molar refractivity (Wildman–Crippen MR) is 99.2 cm³/mol. The highest BCUT2D eigenvalue weighted by Crippen LogP contribution is 2.36. The molecule has 2 aliphatic heterocycles. The monoisotopic (exact) mass is 385 g/mol. The van der Waals surface area contributed by atoms with Crippen LogP contribution in [0.25, 0.3) is 0 Å². The summed E-state index contributed by atoms with van der Waals surface area (Å²) >= 11 is 0. The Kier molecular flexibility index (Phi) is 5.36. The Labute approximate surface area is 156 Å². The zero-order valence-corrected chi connectivity index (χ0v) is 16.8. The van der Waals surface area contributed by atoms with Crippen LogP contribution in [0.4, 0.5) is 4.79 Å². The van der Waals surface area contributed by atoms with E-state index >= 15 is 0 Å². The summed E-state index contributed by atoms with van der Waals surface area (Å²) in [5.41, 5.74) is -0.741. The number of hydrogen-bond acceptors (Lipinski definition) is 5. The lowest BCUT2D eigenvalue weighted by atomic mass is 9.77. The predicted octanol–water partition coefficient (Wildman–Crippen LogP) is 1.59. The van der Waals surface area contributed by atoms with E-state index in [9.17, 15) is 18.0 Å². The Hall–Kier alpha value is -1.15. The van der Waals surface area contributed by atoms with Crippen LogP contribution in [0.15, 0.2) is 0 Å². The number of amides is 3. The molecule has 148 valence electrons. The number of urea groups is 1. The van der Waals surface area contributed by atoms with Gasteiger partial charge in [-0.15, -0.1) is 0 Å². The van der Waals surface area contributed by atoms with E-state index in [1.165, 1.54) is 4.90 Å². The molecule has 7 nitrogen and oxygen atoms in total. The molecule has 3 fully saturated rings. The van der Waals surface area contributed by atoms with E-state index in [-0.39, 0.29) is 36.2 Å². The fourth-order valence-electron chi connectivity index (χ4n) is 4.43. The zero-order valence-electron chi connectivity index (χ0n) is 16.0. The summed E-state index contributed by atoms with van der Waals surface area (Å²) in [4.78, 5) is 28.9. The van der Waals surface area contributed by atoms with E-state index in [1.807, 2.05) is 4.90 Å². The largest absolute Gasteiger partial charge is 0.326 e. The van der Waals surface area contributed by atoms with Crippen LogP contribution in [0.3, 0.4) is 0 Å². The molecule has 1 saturated carbocycles. The number of carbonyl (C=O) groups excluding carboxylic acids is 2. The summed E-state index contributed by atoms with van der Waals surface area (Å²) in [6.45, 7) is 7.15. The first kappa shape index (κ1) is 19.6. The molecule has 1 spiro atoms. The van der Waals surface area contributed by atoms with Gasteiger partial charge in [-0.1, -0.05) is 20.8 Å². The van der Waals surface area contributed by atoms with E-state index in [2.05, 4.69) is 26.1 Å². The van der Waals surface area contributed by atoms with Gasteiger partial charge >= 0.3 is 6.03 Å². The van der Waals surface area contributed by atoms with Gasteiger partial charge in [-0.2, -0.15) is 0 Å². The Morgan fingerprint density at radius 2 is 1.88 bits per heavy atom. The van der Waals surface area contributed by atoms with Crippen molar-refractivity contribution in [2.75, 3.05) is 24.7 Å². The third-order valence-electron chi connectivity index (χ3n) is 6.02. The number of carbonyl (C=O) groups is 2. The number of nitrogens with one attached hydrogen (secondary N) is 1. The molecule has 1 unspecified atom stereocenters. The Morgan fingerprint density at radius 3 is 2.42 bits per heavy atom. The SMILES string of the molecule is CC(C)CN(CN1C(=O)NC2(CCC(C)CC2)C1=O)C1CCS(=O)(=O)C1. The molecule has 0 aromatic carbocycles. The Morgan fingerprint density at radius 1 is 1.23 bits per heavy atom. The minimum atomic E-state index is -3.02. The van der Waals surface area contributed by atoms with Crippen LogP contribution in [0.1, 0.15) is 52.9 Å². The molecule has 1 atom stereocenters. The van der Waals surface area contributed by atoms with Gasteiger partial charge in [0.1, 0.15) is 5.54 Å². The maximum atomic E-state index is 13.1. The molecular weight excluding hydrogens is 354 g/mol. The number of sulfone groups is 1. The summed E-state index contributed by atoms with van der Waals surface area (Å²) in [5.74, 6) is 1.08.